The van der Waals surface area contributed by atoms with Crippen molar-refractivity contribution in [2.24, 2.45) is 5.92 Å². The third kappa shape index (κ3) is 7.67. The maximum absolute atomic E-state index is 12.2. The summed E-state index contributed by atoms with van der Waals surface area (Å²) in [6.07, 6.45) is 5.14. The normalized spacial score (nSPS) is 12.5. The molecule has 0 saturated heterocycles. The Bertz CT molecular complexity index is 378. The van der Waals surface area contributed by atoms with E-state index >= 15 is 0 Å². The Balaban J connectivity index is 4.77. The average Bonchev–Trinajstić information content (AvgIpc) is 2.24. The van der Waals surface area contributed by atoms with Crippen molar-refractivity contribution < 1.29 is 14.3 Å². The highest BCUT2D eigenvalue weighted by Gasteiger charge is 2.26. The number of terminal acetylenes is 1. The minimum atomic E-state index is -0.622. The fourth-order valence-electron chi connectivity index (χ4n) is 1.62. The van der Waals surface area contributed by atoms with Gasteiger partial charge in [-0.1, -0.05) is 19.8 Å². The van der Waals surface area contributed by atoms with Crippen LogP contribution < -0.4 is 5.32 Å². The number of hydrogen-bond donors (Lipinski definition) is 1. The van der Waals surface area contributed by atoms with Crippen molar-refractivity contribution in [3.8, 4) is 12.3 Å². The Morgan fingerprint density at radius 2 is 1.90 bits per heavy atom. The summed E-state index contributed by atoms with van der Waals surface area (Å²) in [6, 6.07) is -0.622. The molecule has 0 bridgehead atoms. The standard InChI is InChI=1S/C15H26N2O3/c1-8-9-17(7)13(18)12(10-11(2)3)16-14(19)20-15(4,5)6/h1,11-12H,9-10H2,2-7H3,(H,16,19)/t12-/m0/s1. The molecule has 5 nitrogen and oxygen atoms in total. The first-order valence-corrected chi connectivity index (χ1v) is 6.74. The quantitative estimate of drug-likeness (QED) is 0.785. The highest BCUT2D eigenvalue weighted by Crippen LogP contribution is 2.10. The Kier molecular flexibility index (Phi) is 7.12. The number of nitrogens with zero attached hydrogens (tertiary/aromatic N) is 1. The summed E-state index contributed by atoms with van der Waals surface area (Å²) in [5.74, 6) is 2.47. The Morgan fingerprint density at radius 1 is 1.35 bits per heavy atom. The third-order valence-electron chi connectivity index (χ3n) is 2.40. The number of ether oxygens (including phenoxy) is 1. The van der Waals surface area contributed by atoms with Gasteiger partial charge in [-0.15, -0.1) is 6.42 Å². The molecule has 0 aliphatic rings. The van der Waals surface area contributed by atoms with Crippen LogP contribution in [0.3, 0.4) is 0 Å². The molecule has 0 radical (unpaired) electrons. The summed E-state index contributed by atoms with van der Waals surface area (Å²) in [5.41, 5.74) is -0.597. The van der Waals surface area contributed by atoms with Crippen LogP contribution in [-0.2, 0) is 9.53 Å². The van der Waals surface area contributed by atoms with E-state index in [0.29, 0.717) is 6.42 Å². The molecule has 5 heteroatoms. The van der Waals surface area contributed by atoms with Crippen molar-refractivity contribution in [1.29, 1.82) is 0 Å². The monoisotopic (exact) mass is 282 g/mol. The van der Waals surface area contributed by atoms with Crippen LogP contribution in [0.4, 0.5) is 4.79 Å². The Labute approximate surface area is 122 Å². The second kappa shape index (κ2) is 7.78. The molecular weight excluding hydrogens is 256 g/mol. The van der Waals surface area contributed by atoms with Gasteiger partial charge in [0.05, 0.1) is 6.54 Å². The van der Waals surface area contributed by atoms with Gasteiger partial charge in [0.2, 0.25) is 5.91 Å². The lowest BCUT2D eigenvalue weighted by Gasteiger charge is -2.26. The molecule has 0 spiro atoms. The van der Waals surface area contributed by atoms with E-state index in [1.54, 1.807) is 27.8 Å². The lowest BCUT2D eigenvalue weighted by atomic mass is 10.0. The molecule has 0 aromatic carbocycles. The van der Waals surface area contributed by atoms with E-state index in [1.807, 2.05) is 13.8 Å². The predicted molar refractivity (Wildman–Crippen MR) is 79.1 cm³/mol. The van der Waals surface area contributed by atoms with Crippen LogP contribution in [0, 0.1) is 18.3 Å². The van der Waals surface area contributed by atoms with Crippen LogP contribution >= 0.6 is 0 Å². The zero-order chi connectivity index (χ0) is 15.9. The summed E-state index contributed by atoms with van der Waals surface area (Å²) >= 11 is 0. The van der Waals surface area contributed by atoms with Gasteiger partial charge in [0.1, 0.15) is 11.6 Å². The zero-order valence-corrected chi connectivity index (χ0v) is 13.3. The van der Waals surface area contributed by atoms with Crippen LogP contribution in [0.5, 0.6) is 0 Å². The van der Waals surface area contributed by atoms with Gasteiger partial charge in [-0.3, -0.25) is 4.79 Å². The summed E-state index contributed by atoms with van der Waals surface area (Å²) in [7, 11) is 1.62. The fraction of sp³-hybridized carbons (Fsp3) is 0.733. The van der Waals surface area contributed by atoms with Crippen molar-refractivity contribution in [3.63, 3.8) is 0 Å². The molecule has 0 rings (SSSR count). The maximum atomic E-state index is 12.2. The second-order valence-corrected chi connectivity index (χ2v) is 6.23. The number of amides is 2. The van der Waals surface area contributed by atoms with Crippen molar-refractivity contribution in [1.82, 2.24) is 10.2 Å². The maximum Gasteiger partial charge on any atom is 0.408 e. The summed E-state index contributed by atoms with van der Waals surface area (Å²) in [6.45, 7) is 9.50. The van der Waals surface area contributed by atoms with E-state index in [9.17, 15) is 9.59 Å². The number of likely N-dealkylation sites (N-methyl/N-ethyl adjacent to an activating group) is 1. The van der Waals surface area contributed by atoms with E-state index in [4.69, 9.17) is 11.2 Å². The molecule has 0 fully saturated rings. The number of alkyl carbamates (subject to hydrolysis) is 1. The molecule has 0 aliphatic heterocycles. The minimum absolute atomic E-state index is 0.206. The van der Waals surface area contributed by atoms with E-state index in [0.717, 1.165) is 0 Å². The number of carbonyl (C=O) groups excluding carboxylic acids is 2. The minimum Gasteiger partial charge on any atom is -0.444 e. The molecule has 0 heterocycles. The SMILES string of the molecule is C#CCN(C)C(=O)[C@H](CC(C)C)NC(=O)OC(C)(C)C. The third-order valence-corrected chi connectivity index (χ3v) is 2.40. The molecule has 2 amide bonds. The molecule has 1 N–H and O–H groups in total. The fourth-order valence-corrected chi connectivity index (χ4v) is 1.62. The topological polar surface area (TPSA) is 58.6 Å². The molecule has 0 aromatic rings. The Hall–Kier alpha value is -1.70. The van der Waals surface area contributed by atoms with E-state index < -0.39 is 17.7 Å². The van der Waals surface area contributed by atoms with Gasteiger partial charge >= 0.3 is 6.09 Å². The number of nitrogens with one attached hydrogen (secondary N) is 1. The molecular formula is C15H26N2O3. The molecule has 0 aromatic heterocycles. The van der Waals surface area contributed by atoms with Crippen LogP contribution in [0.15, 0.2) is 0 Å². The molecule has 0 unspecified atom stereocenters. The van der Waals surface area contributed by atoms with Crippen LogP contribution in [0.25, 0.3) is 0 Å². The van der Waals surface area contributed by atoms with Crippen LogP contribution in [0.1, 0.15) is 41.0 Å². The largest absolute Gasteiger partial charge is 0.444 e. The van der Waals surface area contributed by atoms with Gasteiger partial charge in [-0.2, -0.15) is 0 Å². The molecule has 20 heavy (non-hydrogen) atoms. The van der Waals surface area contributed by atoms with E-state index in [1.165, 1.54) is 4.90 Å². The lowest BCUT2D eigenvalue weighted by molar-refractivity contribution is -0.132. The van der Waals surface area contributed by atoms with E-state index in [-0.39, 0.29) is 18.4 Å². The summed E-state index contributed by atoms with van der Waals surface area (Å²) < 4.78 is 5.18. The van der Waals surface area contributed by atoms with Crippen molar-refractivity contribution >= 4 is 12.0 Å². The van der Waals surface area contributed by atoms with Gasteiger partial charge in [0.25, 0.3) is 0 Å². The van der Waals surface area contributed by atoms with Gasteiger partial charge < -0.3 is 15.0 Å². The molecule has 1 atom stereocenters. The van der Waals surface area contributed by atoms with Crippen LogP contribution in [-0.4, -0.2) is 42.1 Å². The van der Waals surface area contributed by atoms with Crippen molar-refractivity contribution in [2.75, 3.05) is 13.6 Å². The van der Waals surface area contributed by atoms with E-state index in [2.05, 4.69) is 11.2 Å². The van der Waals surface area contributed by atoms with Gasteiger partial charge in [-0.25, -0.2) is 4.79 Å². The predicted octanol–water partition coefficient (Wildman–Crippen LogP) is 2.02. The smallest absolute Gasteiger partial charge is 0.408 e. The highest BCUT2D eigenvalue weighted by molar-refractivity contribution is 5.85. The van der Waals surface area contributed by atoms with Gasteiger partial charge in [-0.05, 0) is 33.1 Å². The molecule has 0 saturated carbocycles. The zero-order valence-electron chi connectivity index (χ0n) is 13.3. The summed E-state index contributed by atoms with van der Waals surface area (Å²) in [4.78, 5) is 25.4. The molecule has 114 valence electrons. The first-order chi connectivity index (χ1) is 9.06. The Morgan fingerprint density at radius 3 is 2.30 bits per heavy atom. The number of carbonyl (C=O) groups is 2. The second-order valence-electron chi connectivity index (χ2n) is 6.23. The van der Waals surface area contributed by atoms with Gasteiger partial charge in [0.15, 0.2) is 0 Å². The number of hydrogen-bond acceptors (Lipinski definition) is 3. The van der Waals surface area contributed by atoms with Crippen molar-refractivity contribution in [2.45, 2.75) is 52.7 Å². The van der Waals surface area contributed by atoms with Crippen LogP contribution in [0.2, 0.25) is 0 Å². The van der Waals surface area contributed by atoms with Crippen molar-refractivity contribution in [3.05, 3.63) is 0 Å². The summed E-state index contributed by atoms with van der Waals surface area (Å²) in [5, 5.41) is 2.62. The highest BCUT2D eigenvalue weighted by atomic mass is 16.6. The molecule has 0 aliphatic carbocycles. The first kappa shape index (κ1) is 18.3. The lowest BCUT2D eigenvalue weighted by Crippen LogP contribution is -2.49. The van der Waals surface area contributed by atoms with Gasteiger partial charge in [0, 0.05) is 7.05 Å². The number of rotatable bonds is 5. The average molecular weight is 282 g/mol. The first-order valence-electron chi connectivity index (χ1n) is 6.74.